The molecule has 3 nitrogen and oxygen atoms in total. The Labute approximate surface area is 125 Å². The number of thiocarbonyl (C=S) groups is 1. The average Bonchev–Trinajstić information content (AvgIpc) is 2.10. The summed E-state index contributed by atoms with van der Waals surface area (Å²) >= 11 is 16.3. The first kappa shape index (κ1) is 15.0. The van der Waals surface area contributed by atoms with Crippen LogP contribution in [0.25, 0.3) is 0 Å². The summed E-state index contributed by atoms with van der Waals surface area (Å²) in [7, 11) is 0. The standard InChI is InChI=1S/C8H5Cl2N3S.Na/c9-5-1-2-7(6(10)3-5)13-8(14)12-4-11;/h1-3H,(H2,12,13,14);. The number of hydrogen-bond acceptors (Lipinski definition) is 2. The fraction of sp³-hybridized carbons (Fsp3) is 0. The number of nitrogens with zero attached hydrogens (tertiary/aromatic N) is 1. The van der Waals surface area contributed by atoms with Crippen molar-refractivity contribution >= 4 is 75.8 Å². The molecule has 0 fully saturated rings. The minimum Gasteiger partial charge on any atom is -0.331 e. The topological polar surface area (TPSA) is 47.9 Å². The number of benzene rings is 1. The molecule has 1 radical (unpaired) electrons. The van der Waals surface area contributed by atoms with Gasteiger partial charge in [0.2, 0.25) is 0 Å². The summed E-state index contributed by atoms with van der Waals surface area (Å²) in [5.41, 5.74) is 0.601. The van der Waals surface area contributed by atoms with E-state index in [0.29, 0.717) is 15.7 Å². The van der Waals surface area contributed by atoms with Gasteiger partial charge in [0.15, 0.2) is 11.3 Å². The third-order valence-electron chi connectivity index (χ3n) is 1.35. The Morgan fingerprint density at radius 1 is 1.40 bits per heavy atom. The van der Waals surface area contributed by atoms with Crippen LogP contribution in [0, 0.1) is 11.5 Å². The average molecular weight is 269 g/mol. The molecule has 0 amide bonds. The van der Waals surface area contributed by atoms with Gasteiger partial charge in [-0.3, -0.25) is 5.32 Å². The van der Waals surface area contributed by atoms with E-state index in [1.54, 1.807) is 24.4 Å². The van der Waals surface area contributed by atoms with Crippen LogP contribution in [0.4, 0.5) is 5.69 Å². The van der Waals surface area contributed by atoms with E-state index in [1.807, 2.05) is 0 Å². The molecule has 1 rings (SSSR count). The summed E-state index contributed by atoms with van der Waals surface area (Å²) in [6.07, 6.45) is 1.70. The summed E-state index contributed by atoms with van der Waals surface area (Å²) in [6, 6.07) is 4.93. The normalized spacial score (nSPS) is 8.33. The quantitative estimate of drug-likeness (QED) is 0.355. The van der Waals surface area contributed by atoms with Crippen molar-refractivity contribution in [3.8, 4) is 6.19 Å². The third-order valence-corrected chi connectivity index (χ3v) is 2.10. The van der Waals surface area contributed by atoms with Gasteiger partial charge in [0, 0.05) is 34.6 Å². The first-order valence-corrected chi connectivity index (χ1v) is 4.71. The predicted octanol–water partition coefficient (Wildman–Crippen LogP) is 2.38. The SMILES string of the molecule is N#CNC(=S)Nc1ccc(Cl)cc1Cl.[Na]. The van der Waals surface area contributed by atoms with Gasteiger partial charge < -0.3 is 5.32 Å². The molecule has 0 aliphatic carbocycles. The van der Waals surface area contributed by atoms with E-state index in [1.165, 1.54) is 0 Å². The van der Waals surface area contributed by atoms with Crippen LogP contribution >= 0.6 is 35.4 Å². The second-order valence-corrected chi connectivity index (χ2v) is 3.57. The van der Waals surface area contributed by atoms with Gasteiger partial charge in [0.05, 0.1) is 10.7 Å². The molecule has 0 atom stereocenters. The molecule has 0 spiro atoms. The van der Waals surface area contributed by atoms with Crippen LogP contribution in [0.5, 0.6) is 0 Å². The van der Waals surface area contributed by atoms with Crippen LogP contribution in [0.2, 0.25) is 10.0 Å². The van der Waals surface area contributed by atoms with Gasteiger partial charge in [-0.05, 0) is 30.4 Å². The molecule has 0 unspecified atom stereocenters. The van der Waals surface area contributed by atoms with Gasteiger partial charge in [0.25, 0.3) is 0 Å². The van der Waals surface area contributed by atoms with Crippen molar-refractivity contribution in [2.75, 3.05) is 5.32 Å². The number of anilines is 1. The van der Waals surface area contributed by atoms with Crippen LogP contribution in [-0.2, 0) is 0 Å². The Hall–Kier alpha value is -0.0200. The Bertz CT molecular complexity index is 405. The molecule has 0 aliphatic heterocycles. The van der Waals surface area contributed by atoms with Crippen molar-refractivity contribution in [2.45, 2.75) is 0 Å². The zero-order valence-corrected chi connectivity index (χ0v) is 12.2. The third kappa shape index (κ3) is 5.03. The van der Waals surface area contributed by atoms with Crippen LogP contribution in [0.3, 0.4) is 0 Å². The summed E-state index contributed by atoms with van der Waals surface area (Å²) in [5, 5.41) is 14.5. The van der Waals surface area contributed by atoms with E-state index < -0.39 is 0 Å². The molecule has 73 valence electrons. The molecule has 7 heteroatoms. The van der Waals surface area contributed by atoms with Crippen LogP contribution in [0.15, 0.2) is 18.2 Å². The maximum absolute atomic E-state index is 8.29. The Kier molecular flexibility index (Phi) is 7.28. The maximum Gasteiger partial charge on any atom is 0.184 e. The molecular formula is C8H5Cl2N3NaS. The van der Waals surface area contributed by atoms with Crippen molar-refractivity contribution in [3.63, 3.8) is 0 Å². The van der Waals surface area contributed by atoms with E-state index in [-0.39, 0.29) is 34.7 Å². The van der Waals surface area contributed by atoms with E-state index in [4.69, 9.17) is 40.7 Å². The van der Waals surface area contributed by atoms with E-state index in [0.717, 1.165) is 0 Å². The van der Waals surface area contributed by atoms with Crippen molar-refractivity contribution in [3.05, 3.63) is 28.2 Å². The van der Waals surface area contributed by atoms with Gasteiger partial charge in [-0.15, -0.1) is 0 Å². The first-order valence-electron chi connectivity index (χ1n) is 3.54. The van der Waals surface area contributed by atoms with Crippen molar-refractivity contribution in [2.24, 2.45) is 0 Å². The van der Waals surface area contributed by atoms with Gasteiger partial charge in [-0.25, -0.2) is 0 Å². The van der Waals surface area contributed by atoms with E-state index in [9.17, 15) is 0 Å². The van der Waals surface area contributed by atoms with E-state index in [2.05, 4.69) is 10.6 Å². The first-order chi connectivity index (χ1) is 6.63. The molecule has 15 heavy (non-hydrogen) atoms. The smallest absolute Gasteiger partial charge is 0.184 e. The minimum absolute atomic E-state index is 0. The summed E-state index contributed by atoms with van der Waals surface area (Å²) in [5.74, 6) is 0. The second-order valence-electron chi connectivity index (χ2n) is 2.32. The second kappa shape index (κ2) is 7.29. The fourth-order valence-corrected chi connectivity index (χ4v) is 1.41. The molecular weight excluding hydrogens is 264 g/mol. The van der Waals surface area contributed by atoms with Crippen molar-refractivity contribution in [1.29, 1.82) is 5.26 Å². The molecule has 0 saturated carbocycles. The van der Waals surface area contributed by atoms with Crippen molar-refractivity contribution < 1.29 is 0 Å². The summed E-state index contributed by atoms with van der Waals surface area (Å²) in [6.45, 7) is 0. The van der Waals surface area contributed by atoms with Gasteiger partial charge in [-0.2, -0.15) is 5.26 Å². The molecule has 0 saturated heterocycles. The molecule has 0 aromatic heterocycles. The summed E-state index contributed by atoms with van der Waals surface area (Å²) < 4.78 is 0. The number of halogens is 2. The Morgan fingerprint density at radius 3 is 2.60 bits per heavy atom. The minimum atomic E-state index is 0. The van der Waals surface area contributed by atoms with Crippen LogP contribution in [0.1, 0.15) is 0 Å². The molecule has 0 aliphatic rings. The van der Waals surface area contributed by atoms with Crippen molar-refractivity contribution in [1.82, 2.24) is 5.32 Å². The van der Waals surface area contributed by atoms with Gasteiger partial charge in [0.1, 0.15) is 0 Å². The van der Waals surface area contributed by atoms with Crippen LogP contribution < -0.4 is 10.6 Å². The number of hydrogen-bond donors (Lipinski definition) is 2. The molecule has 1 aromatic rings. The Balaban J connectivity index is 0.00000196. The maximum atomic E-state index is 8.29. The molecule has 2 N–H and O–H groups in total. The zero-order valence-electron chi connectivity index (χ0n) is 7.84. The number of nitriles is 1. The van der Waals surface area contributed by atoms with Crippen LogP contribution in [-0.4, -0.2) is 34.7 Å². The van der Waals surface area contributed by atoms with Gasteiger partial charge in [-0.1, -0.05) is 23.2 Å². The molecule has 0 heterocycles. The molecule has 1 aromatic carbocycles. The summed E-state index contributed by atoms with van der Waals surface area (Å²) in [4.78, 5) is 0. The number of nitrogens with one attached hydrogen (secondary N) is 2. The van der Waals surface area contributed by atoms with Gasteiger partial charge >= 0.3 is 0 Å². The predicted molar refractivity (Wildman–Crippen MR) is 67.2 cm³/mol. The monoisotopic (exact) mass is 268 g/mol. The largest absolute Gasteiger partial charge is 0.331 e. The Morgan fingerprint density at radius 2 is 2.07 bits per heavy atom. The fourth-order valence-electron chi connectivity index (χ4n) is 0.795. The van der Waals surface area contributed by atoms with E-state index >= 15 is 0 Å². The number of rotatable bonds is 1. The zero-order chi connectivity index (χ0) is 10.6. The molecule has 0 bridgehead atoms.